The fraction of sp³-hybridized carbons (Fsp3) is 0.389. The van der Waals surface area contributed by atoms with Crippen LogP contribution in [0.2, 0.25) is 0 Å². The molecule has 0 N–H and O–H groups in total. The van der Waals surface area contributed by atoms with E-state index in [-0.39, 0.29) is 30.5 Å². The number of rotatable bonds is 6. The summed E-state index contributed by atoms with van der Waals surface area (Å²) in [6.07, 6.45) is -0.489. The summed E-state index contributed by atoms with van der Waals surface area (Å²) in [7, 11) is 0. The number of hydrogen-bond acceptors (Lipinski definition) is 2. The molecule has 24 heavy (non-hydrogen) atoms. The molecular formula is C18H18F3NO2. The van der Waals surface area contributed by atoms with Crippen molar-refractivity contribution >= 4 is 5.91 Å². The second-order valence-corrected chi connectivity index (χ2v) is 5.99. The largest absolute Gasteiger partial charge is 0.469 e. The van der Waals surface area contributed by atoms with Gasteiger partial charge in [0.25, 0.3) is 0 Å². The Balaban J connectivity index is 1.72. The molecule has 1 amide bonds. The molecule has 0 aliphatic heterocycles. The Morgan fingerprint density at radius 2 is 1.92 bits per heavy atom. The van der Waals surface area contributed by atoms with Gasteiger partial charge in [0.2, 0.25) is 5.91 Å². The van der Waals surface area contributed by atoms with Crippen molar-refractivity contribution in [3.8, 4) is 0 Å². The maximum absolute atomic E-state index is 13.1. The number of furan rings is 1. The van der Waals surface area contributed by atoms with Crippen molar-refractivity contribution in [2.45, 2.75) is 44.4 Å². The van der Waals surface area contributed by atoms with E-state index in [4.69, 9.17) is 4.42 Å². The predicted molar refractivity (Wildman–Crippen MR) is 82.0 cm³/mol. The molecule has 1 aromatic heterocycles. The van der Waals surface area contributed by atoms with Gasteiger partial charge < -0.3 is 9.32 Å². The first kappa shape index (κ1) is 16.6. The minimum atomic E-state index is -4.41. The lowest BCUT2D eigenvalue weighted by Crippen LogP contribution is -2.33. The highest BCUT2D eigenvalue weighted by Gasteiger charge is 2.36. The summed E-state index contributed by atoms with van der Waals surface area (Å²) < 4.78 is 44.6. The first-order valence-corrected chi connectivity index (χ1v) is 7.92. The second-order valence-electron chi connectivity index (χ2n) is 5.99. The molecule has 1 aromatic carbocycles. The van der Waals surface area contributed by atoms with Crippen LogP contribution < -0.4 is 0 Å². The summed E-state index contributed by atoms with van der Waals surface area (Å²) in [6.45, 7) is -0.00264. The molecular weight excluding hydrogens is 319 g/mol. The molecule has 1 saturated carbocycles. The number of amides is 1. The van der Waals surface area contributed by atoms with Gasteiger partial charge in [0.1, 0.15) is 5.76 Å². The molecule has 1 heterocycles. The van der Waals surface area contributed by atoms with Gasteiger partial charge in [-0.2, -0.15) is 13.2 Å². The Labute approximate surface area is 138 Å². The van der Waals surface area contributed by atoms with E-state index < -0.39 is 11.7 Å². The molecule has 0 unspecified atom stereocenters. The molecule has 6 heteroatoms. The fourth-order valence-corrected chi connectivity index (χ4v) is 2.75. The van der Waals surface area contributed by atoms with Gasteiger partial charge in [-0.1, -0.05) is 18.2 Å². The first-order valence-electron chi connectivity index (χ1n) is 7.92. The molecule has 0 atom stereocenters. The Kier molecular flexibility index (Phi) is 4.64. The minimum Gasteiger partial charge on any atom is -0.469 e. The van der Waals surface area contributed by atoms with Crippen LogP contribution in [-0.4, -0.2) is 16.8 Å². The van der Waals surface area contributed by atoms with Crippen LogP contribution >= 0.6 is 0 Å². The molecule has 2 aromatic rings. The van der Waals surface area contributed by atoms with Crippen molar-refractivity contribution in [1.29, 1.82) is 0 Å². The van der Waals surface area contributed by atoms with E-state index in [1.54, 1.807) is 23.1 Å². The average molecular weight is 337 g/mol. The fourth-order valence-electron chi connectivity index (χ4n) is 2.75. The minimum absolute atomic E-state index is 0.00264. The second kappa shape index (κ2) is 6.71. The first-order chi connectivity index (χ1) is 11.4. The quantitative estimate of drug-likeness (QED) is 0.782. The maximum Gasteiger partial charge on any atom is 0.416 e. The number of hydrogen-bond donors (Lipinski definition) is 0. The van der Waals surface area contributed by atoms with E-state index in [1.165, 1.54) is 18.4 Å². The molecule has 0 saturated heterocycles. The Morgan fingerprint density at radius 3 is 2.54 bits per heavy atom. The van der Waals surface area contributed by atoms with Gasteiger partial charge in [0.15, 0.2) is 0 Å². The highest BCUT2D eigenvalue weighted by atomic mass is 19.4. The van der Waals surface area contributed by atoms with E-state index in [9.17, 15) is 18.0 Å². The number of carbonyl (C=O) groups excluding carboxylic acids is 1. The van der Waals surface area contributed by atoms with E-state index >= 15 is 0 Å². The highest BCUT2D eigenvalue weighted by Crippen LogP contribution is 2.35. The van der Waals surface area contributed by atoms with Crippen molar-refractivity contribution in [3.63, 3.8) is 0 Å². The van der Waals surface area contributed by atoms with Gasteiger partial charge in [-0.3, -0.25) is 4.79 Å². The average Bonchev–Trinajstić information content (AvgIpc) is 3.25. The maximum atomic E-state index is 13.1. The zero-order valence-electron chi connectivity index (χ0n) is 13.1. The number of carbonyl (C=O) groups is 1. The Bertz CT molecular complexity index is 691. The molecule has 0 spiro atoms. The summed E-state index contributed by atoms with van der Waals surface area (Å²) in [5, 5.41) is 0. The number of alkyl halides is 3. The van der Waals surface area contributed by atoms with Gasteiger partial charge in [-0.25, -0.2) is 0 Å². The third-order valence-electron chi connectivity index (χ3n) is 4.14. The summed E-state index contributed by atoms with van der Waals surface area (Å²) in [5.41, 5.74) is -0.530. The van der Waals surface area contributed by atoms with Gasteiger partial charge in [0.05, 0.1) is 11.8 Å². The Hall–Kier alpha value is -2.24. The van der Waals surface area contributed by atoms with Crippen molar-refractivity contribution in [1.82, 2.24) is 4.90 Å². The SMILES string of the molecule is O=C(CCc1ccco1)N(Cc1ccccc1C(F)(F)F)C1CC1. The summed E-state index contributed by atoms with van der Waals surface area (Å²) in [5.74, 6) is 0.570. The van der Waals surface area contributed by atoms with Gasteiger partial charge in [-0.15, -0.1) is 0 Å². The van der Waals surface area contributed by atoms with Crippen molar-refractivity contribution < 1.29 is 22.4 Å². The number of aryl methyl sites for hydroxylation is 1. The molecule has 3 rings (SSSR count). The lowest BCUT2D eigenvalue weighted by Gasteiger charge is -2.24. The van der Waals surface area contributed by atoms with Crippen LogP contribution in [0.5, 0.6) is 0 Å². The number of nitrogens with zero attached hydrogens (tertiary/aromatic N) is 1. The van der Waals surface area contributed by atoms with E-state index in [1.807, 2.05) is 0 Å². The molecule has 1 fully saturated rings. The van der Waals surface area contributed by atoms with Gasteiger partial charge in [-0.05, 0) is 36.6 Å². The number of halogens is 3. The molecule has 1 aliphatic rings. The van der Waals surface area contributed by atoms with E-state index in [0.29, 0.717) is 12.2 Å². The topological polar surface area (TPSA) is 33.5 Å². The third-order valence-corrected chi connectivity index (χ3v) is 4.14. The predicted octanol–water partition coefficient (Wildman–Crippen LogP) is 4.42. The van der Waals surface area contributed by atoms with E-state index in [2.05, 4.69) is 0 Å². The summed E-state index contributed by atoms with van der Waals surface area (Å²) in [4.78, 5) is 14.1. The van der Waals surface area contributed by atoms with Crippen molar-refractivity contribution in [2.24, 2.45) is 0 Å². The number of benzene rings is 1. The van der Waals surface area contributed by atoms with Gasteiger partial charge in [0, 0.05) is 25.4 Å². The zero-order chi connectivity index (χ0) is 17.2. The van der Waals surface area contributed by atoms with Crippen molar-refractivity contribution in [2.75, 3.05) is 0 Å². The summed E-state index contributed by atoms with van der Waals surface area (Å²) in [6, 6.07) is 9.03. The van der Waals surface area contributed by atoms with E-state index in [0.717, 1.165) is 18.9 Å². The smallest absolute Gasteiger partial charge is 0.416 e. The third kappa shape index (κ3) is 3.99. The molecule has 128 valence electrons. The van der Waals surface area contributed by atoms with Crippen LogP contribution in [0.1, 0.15) is 36.1 Å². The van der Waals surface area contributed by atoms with Crippen LogP contribution in [0.15, 0.2) is 47.1 Å². The normalized spacial score (nSPS) is 14.6. The molecule has 3 nitrogen and oxygen atoms in total. The van der Waals surface area contributed by atoms with Crippen molar-refractivity contribution in [3.05, 3.63) is 59.5 Å². The van der Waals surface area contributed by atoms with Gasteiger partial charge >= 0.3 is 6.18 Å². The van der Waals surface area contributed by atoms with Crippen LogP contribution in [0, 0.1) is 0 Å². The summed E-state index contributed by atoms with van der Waals surface area (Å²) >= 11 is 0. The zero-order valence-corrected chi connectivity index (χ0v) is 13.1. The molecule has 0 radical (unpaired) electrons. The van der Waals surface area contributed by atoms with Crippen LogP contribution in [0.3, 0.4) is 0 Å². The molecule has 1 aliphatic carbocycles. The monoisotopic (exact) mass is 337 g/mol. The lowest BCUT2D eigenvalue weighted by atomic mass is 10.1. The highest BCUT2D eigenvalue weighted by molar-refractivity contribution is 5.77. The molecule has 0 bridgehead atoms. The van der Waals surface area contributed by atoms with Crippen LogP contribution in [0.25, 0.3) is 0 Å². The van der Waals surface area contributed by atoms with Crippen LogP contribution in [0.4, 0.5) is 13.2 Å². The lowest BCUT2D eigenvalue weighted by molar-refractivity contribution is -0.140. The standard InChI is InChI=1S/C18H18F3NO2/c19-18(20,21)16-6-2-1-4-13(16)12-22(14-7-8-14)17(23)10-9-15-5-3-11-24-15/h1-6,11,14H,7-10,12H2. The van der Waals surface area contributed by atoms with Crippen LogP contribution in [-0.2, 0) is 23.9 Å². The Morgan fingerprint density at radius 1 is 1.17 bits per heavy atom.